The maximum atomic E-state index is 12.6. The smallest absolute Gasteiger partial charge is 0.213 e. The second-order valence-corrected chi connectivity index (χ2v) is 7.65. The van der Waals surface area contributed by atoms with Crippen LogP contribution in [0.2, 0.25) is 0 Å². The molecule has 4 N–H and O–H groups in total. The highest BCUT2D eigenvalue weighted by Gasteiger charge is 2.79. The molecule has 0 bridgehead atoms. The largest absolute Gasteiger partial charge is 0.382 e. The van der Waals surface area contributed by atoms with Crippen molar-refractivity contribution in [1.29, 1.82) is 0 Å². The summed E-state index contributed by atoms with van der Waals surface area (Å²) in [5, 5.41) is 44.1. The normalized spacial score (nSPS) is 34.1. The summed E-state index contributed by atoms with van der Waals surface area (Å²) in [7, 11) is 0. The van der Waals surface area contributed by atoms with E-state index < -0.39 is 58.4 Å². The van der Waals surface area contributed by atoms with Gasteiger partial charge in [0.25, 0.3) is 0 Å². The van der Waals surface area contributed by atoms with Gasteiger partial charge in [0, 0.05) is 0 Å². The van der Waals surface area contributed by atoms with E-state index in [2.05, 4.69) is 0 Å². The molecule has 1 fully saturated rings. The first-order chi connectivity index (χ1) is 14.3. The van der Waals surface area contributed by atoms with Crippen LogP contribution in [0.4, 0.5) is 0 Å². The molecule has 0 aliphatic carbocycles. The molecule has 0 radical (unpaired) electrons. The second-order valence-electron chi connectivity index (χ2n) is 7.65. The summed E-state index contributed by atoms with van der Waals surface area (Å²) < 4.78 is 10.9. The van der Waals surface area contributed by atoms with Crippen LogP contribution in [0, 0.1) is 0 Å². The van der Waals surface area contributed by atoms with Gasteiger partial charge in [-0.15, -0.1) is 0 Å². The molecule has 10 heteroatoms. The maximum Gasteiger partial charge on any atom is 0.213 e. The quantitative estimate of drug-likeness (QED) is 0.388. The Morgan fingerprint density at radius 2 is 1.45 bits per heavy atom. The van der Waals surface area contributed by atoms with Crippen molar-refractivity contribution in [3.63, 3.8) is 0 Å². The molecule has 10 nitrogen and oxygen atoms in total. The van der Waals surface area contributed by atoms with Gasteiger partial charge in [-0.1, -0.05) is 30.3 Å². The van der Waals surface area contributed by atoms with Crippen LogP contribution in [0.25, 0.3) is 0 Å². The Bertz CT molecular complexity index is 883. The first kappa shape index (κ1) is 24.9. The van der Waals surface area contributed by atoms with Crippen molar-refractivity contribution in [2.45, 2.75) is 69.6 Å². The van der Waals surface area contributed by atoms with Crippen LogP contribution in [-0.2, 0) is 35.3 Å². The number of hydrogen-bond acceptors (Lipinski definition) is 10. The van der Waals surface area contributed by atoms with Crippen molar-refractivity contribution in [2.75, 3.05) is 0 Å². The molecule has 1 unspecified atom stereocenters. The maximum absolute atomic E-state index is 12.6. The van der Waals surface area contributed by atoms with Crippen molar-refractivity contribution in [1.82, 2.24) is 0 Å². The van der Waals surface area contributed by atoms with E-state index in [1.165, 1.54) is 0 Å². The topological polar surface area (TPSA) is 168 Å². The highest BCUT2D eigenvalue weighted by Crippen LogP contribution is 2.48. The molecule has 6 atom stereocenters. The number of ether oxygens (including phenoxy) is 2. The van der Waals surface area contributed by atoms with Crippen LogP contribution in [0.3, 0.4) is 0 Å². The Balaban J connectivity index is 2.71. The number of aliphatic hydroxyl groups is 4. The molecule has 1 heterocycles. The lowest BCUT2D eigenvalue weighted by molar-refractivity contribution is -0.374. The van der Waals surface area contributed by atoms with Gasteiger partial charge in [0.15, 0.2) is 35.0 Å². The lowest BCUT2D eigenvalue weighted by Gasteiger charge is -2.57. The van der Waals surface area contributed by atoms with Crippen LogP contribution in [0.5, 0.6) is 0 Å². The summed E-state index contributed by atoms with van der Waals surface area (Å²) in [6.07, 6.45) is -6.55. The Kier molecular flexibility index (Phi) is 6.96. The highest BCUT2D eigenvalue weighted by atomic mass is 16.7. The molecule has 0 saturated carbocycles. The van der Waals surface area contributed by atoms with Crippen LogP contribution in [0.15, 0.2) is 30.3 Å². The zero-order valence-corrected chi connectivity index (χ0v) is 17.6. The summed E-state index contributed by atoms with van der Waals surface area (Å²) in [6, 6.07) is 8.37. The number of rotatable bonds is 8. The number of carbonyl (C=O) groups excluding carboxylic acids is 4. The zero-order chi connectivity index (χ0) is 23.8. The second kappa shape index (κ2) is 8.65. The summed E-state index contributed by atoms with van der Waals surface area (Å²) in [5.74, 6) is -4.92. The van der Waals surface area contributed by atoms with E-state index in [1.807, 2.05) is 0 Å². The van der Waals surface area contributed by atoms with Crippen molar-refractivity contribution >= 4 is 23.1 Å². The number of aliphatic hydroxyl groups excluding tert-OH is 1. The Morgan fingerprint density at radius 3 is 1.87 bits per heavy atom. The fourth-order valence-corrected chi connectivity index (χ4v) is 3.83. The van der Waals surface area contributed by atoms with E-state index >= 15 is 0 Å². The highest BCUT2D eigenvalue weighted by molar-refractivity contribution is 6.05. The van der Waals surface area contributed by atoms with Gasteiger partial charge in [0.2, 0.25) is 11.2 Å². The van der Waals surface area contributed by atoms with Crippen LogP contribution >= 0.6 is 0 Å². The van der Waals surface area contributed by atoms with Gasteiger partial charge in [0.05, 0.1) is 6.61 Å². The SMILES string of the molecule is CC(=O)C(O)[C@@H]1O[C@H](OCc2ccccc2)[C@](O)(C(C)=O)[C@@](O)(C(C)=O)[C@]1(O)C(C)=O. The summed E-state index contributed by atoms with van der Waals surface area (Å²) in [6.45, 7) is 2.93. The Morgan fingerprint density at radius 1 is 0.935 bits per heavy atom. The van der Waals surface area contributed by atoms with Gasteiger partial charge in [-0.3, -0.25) is 19.2 Å². The van der Waals surface area contributed by atoms with Gasteiger partial charge in [-0.05, 0) is 33.3 Å². The zero-order valence-electron chi connectivity index (χ0n) is 17.6. The predicted molar refractivity (Wildman–Crippen MR) is 103 cm³/mol. The van der Waals surface area contributed by atoms with Crippen molar-refractivity contribution in [3.05, 3.63) is 35.9 Å². The van der Waals surface area contributed by atoms with E-state index in [0.717, 1.165) is 27.7 Å². The minimum absolute atomic E-state index is 0.281. The number of benzene rings is 1. The van der Waals surface area contributed by atoms with Gasteiger partial charge in [-0.25, -0.2) is 0 Å². The lowest BCUT2D eigenvalue weighted by Crippen LogP contribution is -2.87. The molecule has 0 amide bonds. The van der Waals surface area contributed by atoms with Crippen molar-refractivity contribution < 1.29 is 49.1 Å². The first-order valence-electron chi connectivity index (χ1n) is 9.45. The van der Waals surface area contributed by atoms with E-state index in [0.29, 0.717) is 5.56 Å². The van der Waals surface area contributed by atoms with E-state index in [-0.39, 0.29) is 6.61 Å². The number of ketones is 4. The first-order valence-corrected chi connectivity index (χ1v) is 9.45. The fraction of sp³-hybridized carbons (Fsp3) is 0.524. The molecule has 31 heavy (non-hydrogen) atoms. The molecule has 1 aromatic carbocycles. The molecule has 170 valence electrons. The van der Waals surface area contributed by atoms with Crippen LogP contribution in [0.1, 0.15) is 33.3 Å². The van der Waals surface area contributed by atoms with Gasteiger partial charge in [-0.2, -0.15) is 0 Å². The number of carbonyl (C=O) groups is 4. The van der Waals surface area contributed by atoms with Gasteiger partial charge >= 0.3 is 0 Å². The van der Waals surface area contributed by atoms with E-state index in [9.17, 15) is 39.6 Å². The molecule has 0 spiro atoms. The third-order valence-corrected chi connectivity index (χ3v) is 5.66. The standard InChI is InChI=1S/C21H26O10/c1-11(22)16(26)17-19(27,12(2)23)21(29,14(4)25)20(28,13(3)24)18(31-17)30-10-15-8-6-5-7-9-15/h5-9,16-18,26-29H,10H2,1-4H3/t16?,17-,18-,19-,20+,21+/m0/s1. The molecule has 1 saturated heterocycles. The third kappa shape index (κ3) is 3.65. The minimum atomic E-state index is -3.50. The Hall–Kier alpha value is -2.34. The van der Waals surface area contributed by atoms with E-state index in [4.69, 9.17) is 9.47 Å². The van der Waals surface area contributed by atoms with Crippen molar-refractivity contribution in [2.24, 2.45) is 0 Å². The average molecular weight is 438 g/mol. The van der Waals surface area contributed by atoms with Gasteiger partial charge < -0.3 is 29.9 Å². The minimum Gasteiger partial charge on any atom is -0.382 e. The average Bonchev–Trinajstić information content (AvgIpc) is 2.71. The van der Waals surface area contributed by atoms with Gasteiger partial charge in [0.1, 0.15) is 12.2 Å². The summed E-state index contributed by atoms with van der Waals surface area (Å²) in [5.41, 5.74) is -9.55. The van der Waals surface area contributed by atoms with Crippen LogP contribution in [-0.4, -0.2) is 78.9 Å². The third-order valence-electron chi connectivity index (χ3n) is 5.66. The fourth-order valence-electron chi connectivity index (χ4n) is 3.83. The monoisotopic (exact) mass is 438 g/mol. The lowest BCUT2D eigenvalue weighted by atomic mass is 9.60. The molecular weight excluding hydrogens is 412 g/mol. The molecule has 0 aromatic heterocycles. The van der Waals surface area contributed by atoms with Crippen LogP contribution < -0.4 is 0 Å². The molecular formula is C21H26O10. The summed E-state index contributed by atoms with van der Waals surface area (Å²) in [4.78, 5) is 49.3. The molecule has 2 rings (SSSR count). The van der Waals surface area contributed by atoms with Crippen molar-refractivity contribution in [3.8, 4) is 0 Å². The predicted octanol–water partition coefficient (Wildman–Crippen LogP) is -1.16. The molecule has 1 aliphatic heterocycles. The number of Topliss-reactive ketones (excluding diaryl/α,β-unsaturated/α-hetero) is 4. The Labute approximate surface area is 178 Å². The molecule has 1 aromatic rings. The van der Waals surface area contributed by atoms with E-state index in [1.54, 1.807) is 30.3 Å². The summed E-state index contributed by atoms with van der Waals surface area (Å²) >= 11 is 0. The number of hydrogen-bond donors (Lipinski definition) is 4. The molecule has 1 aliphatic rings.